The van der Waals surface area contributed by atoms with Crippen LogP contribution in [-0.2, 0) is 16.2 Å². The highest BCUT2D eigenvalue weighted by atomic mass is 35.5. The van der Waals surface area contributed by atoms with Crippen molar-refractivity contribution in [3.63, 3.8) is 0 Å². The van der Waals surface area contributed by atoms with E-state index in [1.165, 1.54) is 6.07 Å². The number of nitrogens with one attached hydrogen (secondary N) is 2. The van der Waals surface area contributed by atoms with Gasteiger partial charge in [-0.15, -0.1) is 4.83 Å². The van der Waals surface area contributed by atoms with E-state index < -0.39 is 32.6 Å². The Bertz CT molecular complexity index is 1170. The minimum Gasteiger partial charge on any atom is -0.449 e. The van der Waals surface area contributed by atoms with Crippen LogP contribution in [0.1, 0.15) is 21.7 Å². The zero-order valence-corrected chi connectivity index (χ0v) is 15.7. The first-order chi connectivity index (χ1) is 13.0. The highest BCUT2D eigenvalue weighted by Gasteiger charge is 2.37. The summed E-state index contributed by atoms with van der Waals surface area (Å²) < 4.78 is 68.8. The summed E-state index contributed by atoms with van der Waals surface area (Å²) in [5.74, 6) is -1.27. The van der Waals surface area contributed by atoms with Crippen molar-refractivity contribution in [1.82, 2.24) is 10.3 Å². The van der Waals surface area contributed by atoms with Crippen molar-refractivity contribution in [3.05, 3.63) is 64.4 Å². The first kappa shape index (κ1) is 20.2. The molecule has 1 amide bonds. The normalized spacial score (nSPS) is 12.3. The van der Waals surface area contributed by atoms with Gasteiger partial charge in [-0.3, -0.25) is 10.2 Å². The topological polar surface area (TPSA) is 88.4 Å². The van der Waals surface area contributed by atoms with Crippen LogP contribution < -0.4 is 10.3 Å². The van der Waals surface area contributed by atoms with Crippen LogP contribution in [0.4, 0.5) is 13.2 Å². The van der Waals surface area contributed by atoms with Gasteiger partial charge < -0.3 is 4.42 Å². The van der Waals surface area contributed by atoms with Crippen molar-refractivity contribution in [2.75, 3.05) is 0 Å². The van der Waals surface area contributed by atoms with Gasteiger partial charge in [-0.1, -0.05) is 23.7 Å². The molecule has 0 bridgehead atoms. The Kier molecular flexibility index (Phi) is 5.13. The molecular weight excluding hydrogens is 421 g/mol. The second-order valence-electron chi connectivity index (χ2n) is 5.83. The fourth-order valence-corrected chi connectivity index (χ4v) is 3.92. The fraction of sp³-hybridized carbons (Fsp3) is 0.118. The SMILES string of the molecule is Cc1cc(Cl)c2oc(C(=O)NNS(=O)(=O)c3ccccc3C(F)(F)F)cc2c1. The molecule has 1 aromatic heterocycles. The largest absolute Gasteiger partial charge is 0.449 e. The summed E-state index contributed by atoms with van der Waals surface area (Å²) in [5, 5.41) is 0.772. The Hall–Kier alpha value is -2.56. The number of amides is 1. The van der Waals surface area contributed by atoms with Crippen LogP contribution >= 0.6 is 11.6 Å². The van der Waals surface area contributed by atoms with Crippen LogP contribution in [0.2, 0.25) is 5.02 Å². The molecule has 3 rings (SSSR count). The van der Waals surface area contributed by atoms with E-state index in [-0.39, 0.29) is 16.4 Å². The number of aryl methyl sites for hydroxylation is 1. The van der Waals surface area contributed by atoms with E-state index in [4.69, 9.17) is 16.0 Å². The Balaban J connectivity index is 1.84. The first-order valence-electron chi connectivity index (χ1n) is 7.67. The summed E-state index contributed by atoms with van der Waals surface area (Å²) in [6.07, 6.45) is -4.89. The quantitative estimate of drug-likeness (QED) is 0.609. The third-order valence-corrected chi connectivity index (χ3v) is 5.31. The second-order valence-corrected chi connectivity index (χ2v) is 7.89. The maximum atomic E-state index is 13.0. The van der Waals surface area contributed by atoms with Gasteiger partial charge in [-0.05, 0) is 42.8 Å². The number of hydrazine groups is 1. The van der Waals surface area contributed by atoms with Gasteiger partial charge in [0.1, 0.15) is 0 Å². The van der Waals surface area contributed by atoms with Crippen LogP contribution in [0.5, 0.6) is 0 Å². The monoisotopic (exact) mass is 432 g/mol. The van der Waals surface area contributed by atoms with E-state index in [1.54, 1.807) is 23.9 Å². The predicted octanol–water partition coefficient (Wildman–Crippen LogP) is 4.04. The van der Waals surface area contributed by atoms with Crippen molar-refractivity contribution >= 4 is 38.5 Å². The molecule has 0 aliphatic carbocycles. The molecule has 0 saturated heterocycles. The molecule has 0 aliphatic rings. The molecule has 0 spiro atoms. The van der Waals surface area contributed by atoms with Crippen LogP contribution in [0.3, 0.4) is 0 Å². The minimum absolute atomic E-state index is 0.225. The number of benzene rings is 2. The number of alkyl halides is 3. The van der Waals surface area contributed by atoms with E-state index in [0.29, 0.717) is 11.5 Å². The van der Waals surface area contributed by atoms with Crippen molar-refractivity contribution in [1.29, 1.82) is 0 Å². The number of carbonyl (C=O) groups is 1. The Morgan fingerprint density at radius 1 is 1.14 bits per heavy atom. The number of halogens is 4. The van der Waals surface area contributed by atoms with Gasteiger partial charge in [-0.25, -0.2) is 8.42 Å². The second kappa shape index (κ2) is 7.12. The molecule has 2 aromatic carbocycles. The molecule has 11 heteroatoms. The molecule has 1 heterocycles. The number of hydrogen-bond donors (Lipinski definition) is 2. The van der Waals surface area contributed by atoms with E-state index in [1.807, 2.05) is 5.43 Å². The van der Waals surface area contributed by atoms with Crippen molar-refractivity contribution in [2.45, 2.75) is 18.0 Å². The molecular formula is C17H12ClF3N2O4S. The standard InChI is InChI=1S/C17H12ClF3N2O4S/c1-9-6-10-8-13(27-15(10)12(18)7-9)16(24)22-23-28(25,26)14-5-3-2-4-11(14)17(19,20)21/h2-8,23H,1H3,(H,22,24). The maximum absolute atomic E-state index is 13.0. The molecule has 28 heavy (non-hydrogen) atoms. The Morgan fingerprint density at radius 2 is 1.82 bits per heavy atom. The summed E-state index contributed by atoms with van der Waals surface area (Å²) >= 11 is 6.03. The lowest BCUT2D eigenvalue weighted by atomic mass is 10.2. The van der Waals surface area contributed by atoms with E-state index in [0.717, 1.165) is 23.8 Å². The first-order valence-corrected chi connectivity index (χ1v) is 9.53. The van der Waals surface area contributed by atoms with Crippen LogP contribution in [-0.4, -0.2) is 14.3 Å². The third kappa shape index (κ3) is 3.98. The van der Waals surface area contributed by atoms with E-state index in [9.17, 15) is 26.4 Å². The molecule has 0 aliphatic heterocycles. The molecule has 0 unspecified atom stereocenters. The van der Waals surface area contributed by atoms with Gasteiger partial charge in [-0.2, -0.15) is 13.2 Å². The predicted molar refractivity (Wildman–Crippen MR) is 95.2 cm³/mol. The summed E-state index contributed by atoms with van der Waals surface area (Å²) in [7, 11) is -4.69. The summed E-state index contributed by atoms with van der Waals surface area (Å²) in [6.45, 7) is 1.78. The average Bonchev–Trinajstić information content (AvgIpc) is 3.03. The minimum atomic E-state index is -4.89. The summed E-state index contributed by atoms with van der Waals surface area (Å²) in [6, 6.07) is 8.25. The zero-order chi connectivity index (χ0) is 20.7. The molecule has 3 aromatic rings. The molecule has 6 nitrogen and oxygen atoms in total. The summed E-state index contributed by atoms with van der Waals surface area (Å²) in [4.78, 5) is 12.8. The number of fused-ring (bicyclic) bond motifs is 1. The van der Waals surface area contributed by atoms with Crippen molar-refractivity contribution in [2.24, 2.45) is 0 Å². The average molecular weight is 433 g/mol. The van der Waals surface area contributed by atoms with Gasteiger partial charge in [0, 0.05) is 5.39 Å². The molecule has 0 saturated carbocycles. The van der Waals surface area contributed by atoms with Gasteiger partial charge in [0.05, 0.1) is 15.5 Å². The lowest BCUT2D eigenvalue weighted by Gasteiger charge is -2.13. The van der Waals surface area contributed by atoms with E-state index >= 15 is 0 Å². The molecule has 148 valence electrons. The van der Waals surface area contributed by atoms with E-state index in [2.05, 4.69) is 0 Å². The van der Waals surface area contributed by atoms with Crippen LogP contribution in [0, 0.1) is 6.92 Å². The van der Waals surface area contributed by atoms with Crippen LogP contribution in [0.25, 0.3) is 11.0 Å². The van der Waals surface area contributed by atoms with Gasteiger partial charge in [0.15, 0.2) is 11.3 Å². The maximum Gasteiger partial charge on any atom is 0.417 e. The highest BCUT2D eigenvalue weighted by molar-refractivity contribution is 7.89. The fourth-order valence-electron chi connectivity index (χ4n) is 2.53. The number of furan rings is 1. The lowest BCUT2D eigenvalue weighted by molar-refractivity contribution is -0.139. The van der Waals surface area contributed by atoms with Gasteiger partial charge >= 0.3 is 12.1 Å². The van der Waals surface area contributed by atoms with Gasteiger partial charge in [0.25, 0.3) is 10.0 Å². The molecule has 2 N–H and O–H groups in total. The van der Waals surface area contributed by atoms with Gasteiger partial charge in [0.2, 0.25) is 0 Å². The van der Waals surface area contributed by atoms with Crippen molar-refractivity contribution < 1.29 is 30.8 Å². The summed E-state index contributed by atoms with van der Waals surface area (Å²) in [5.41, 5.74) is 1.51. The Labute approximate surface area is 162 Å². The number of sulfonamides is 1. The Morgan fingerprint density at radius 3 is 2.50 bits per heavy atom. The molecule has 0 fully saturated rings. The van der Waals surface area contributed by atoms with Crippen LogP contribution in [0.15, 0.2) is 51.8 Å². The number of carbonyl (C=O) groups excluding carboxylic acids is 1. The number of hydrogen-bond acceptors (Lipinski definition) is 4. The lowest BCUT2D eigenvalue weighted by Crippen LogP contribution is -2.42. The molecule has 0 radical (unpaired) electrons. The zero-order valence-electron chi connectivity index (χ0n) is 14.1. The third-order valence-electron chi connectivity index (χ3n) is 3.72. The highest BCUT2D eigenvalue weighted by Crippen LogP contribution is 2.33. The number of rotatable bonds is 4. The smallest absolute Gasteiger partial charge is 0.417 e. The van der Waals surface area contributed by atoms with Crippen molar-refractivity contribution in [3.8, 4) is 0 Å². The molecule has 0 atom stereocenters.